The molecule has 0 atom stereocenters. The molecule has 0 bridgehead atoms. The second kappa shape index (κ2) is 6.26. The minimum atomic E-state index is 0.0201. The zero-order valence-corrected chi connectivity index (χ0v) is 12.4. The van der Waals surface area contributed by atoms with E-state index in [1.54, 1.807) is 25.4 Å². The van der Waals surface area contributed by atoms with Gasteiger partial charge in [0.05, 0.1) is 12.8 Å². The Kier molecular flexibility index (Phi) is 4.42. The van der Waals surface area contributed by atoms with Gasteiger partial charge in [-0.1, -0.05) is 12.1 Å². The fourth-order valence-electron chi connectivity index (χ4n) is 2.12. The van der Waals surface area contributed by atoms with Gasteiger partial charge in [-0.05, 0) is 26.0 Å². The number of ether oxygens (including phenoxy) is 2. The average Bonchev–Trinajstić information content (AvgIpc) is 2.47. The van der Waals surface area contributed by atoms with Crippen LogP contribution in [-0.2, 0) is 6.61 Å². The highest BCUT2D eigenvalue weighted by Crippen LogP contribution is 2.25. The summed E-state index contributed by atoms with van der Waals surface area (Å²) < 4.78 is 11.1. The maximum Gasteiger partial charge on any atom is 0.131 e. The Labute approximate surface area is 124 Å². The Morgan fingerprint density at radius 3 is 2.76 bits per heavy atom. The van der Waals surface area contributed by atoms with Crippen LogP contribution < -0.4 is 15.2 Å². The van der Waals surface area contributed by atoms with E-state index in [9.17, 15) is 0 Å². The zero-order valence-electron chi connectivity index (χ0n) is 12.4. The lowest BCUT2D eigenvalue weighted by atomic mass is 10.1. The summed E-state index contributed by atoms with van der Waals surface area (Å²) in [6.45, 7) is 4.26. The first kappa shape index (κ1) is 14.8. The van der Waals surface area contributed by atoms with Gasteiger partial charge in [0.1, 0.15) is 23.9 Å². The molecule has 0 saturated heterocycles. The maximum atomic E-state index is 7.43. The molecule has 0 spiro atoms. The van der Waals surface area contributed by atoms with Crippen LogP contribution in [0.1, 0.15) is 22.4 Å². The van der Waals surface area contributed by atoms with Crippen molar-refractivity contribution in [2.75, 3.05) is 7.11 Å². The van der Waals surface area contributed by atoms with Crippen molar-refractivity contribution in [1.82, 2.24) is 4.98 Å². The largest absolute Gasteiger partial charge is 0.496 e. The number of nitrogens with two attached hydrogens (primary N) is 1. The van der Waals surface area contributed by atoms with Crippen molar-refractivity contribution < 1.29 is 9.47 Å². The minimum absolute atomic E-state index is 0.0201. The number of aromatic nitrogens is 1. The van der Waals surface area contributed by atoms with E-state index in [-0.39, 0.29) is 5.84 Å². The quantitative estimate of drug-likeness (QED) is 0.653. The molecule has 1 aromatic carbocycles. The van der Waals surface area contributed by atoms with Crippen molar-refractivity contribution in [2.45, 2.75) is 20.5 Å². The molecular weight excluding hydrogens is 266 g/mol. The molecule has 0 radical (unpaired) electrons. The molecule has 1 heterocycles. The number of nitrogen functional groups attached to an aromatic ring is 1. The van der Waals surface area contributed by atoms with Crippen LogP contribution in [0.25, 0.3) is 0 Å². The average molecular weight is 285 g/mol. The molecule has 2 aromatic rings. The lowest BCUT2D eigenvalue weighted by molar-refractivity contribution is 0.298. The van der Waals surface area contributed by atoms with E-state index in [1.807, 2.05) is 26.0 Å². The summed E-state index contributed by atoms with van der Waals surface area (Å²) in [7, 11) is 1.65. The Bertz CT molecular complexity index is 669. The summed E-state index contributed by atoms with van der Waals surface area (Å²) in [5, 5.41) is 7.43. The summed E-state index contributed by atoms with van der Waals surface area (Å²) in [6.07, 6.45) is 1.77. The van der Waals surface area contributed by atoms with Crippen LogP contribution in [0.2, 0.25) is 0 Å². The second-order valence-corrected chi connectivity index (χ2v) is 4.78. The Balaban J connectivity index is 2.17. The molecule has 3 N–H and O–H groups in total. The molecule has 110 valence electrons. The normalized spacial score (nSPS) is 10.2. The number of hydrogen-bond acceptors (Lipinski definition) is 4. The molecular formula is C16H19N3O2. The van der Waals surface area contributed by atoms with Crippen LogP contribution in [0.4, 0.5) is 0 Å². The number of amidine groups is 1. The monoisotopic (exact) mass is 285 g/mol. The van der Waals surface area contributed by atoms with Crippen LogP contribution in [0.3, 0.4) is 0 Å². The molecule has 0 aliphatic carbocycles. The Morgan fingerprint density at radius 1 is 1.33 bits per heavy atom. The number of methoxy groups -OCH3 is 1. The fourth-order valence-corrected chi connectivity index (χ4v) is 2.12. The second-order valence-electron chi connectivity index (χ2n) is 4.78. The fraction of sp³-hybridized carbons (Fsp3) is 0.250. The molecule has 21 heavy (non-hydrogen) atoms. The van der Waals surface area contributed by atoms with Gasteiger partial charge < -0.3 is 15.2 Å². The highest BCUT2D eigenvalue weighted by Gasteiger charge is 2.10. The van der Waals surface area contributed by atoms with Gasteiger partial charge in [0.25, 0.3) is 0 Å². The van der Waals surface area contributed by atoms with E-state index in [0.29, 0.717) is 17.9 Å². The summed E-state index contributed by atoms with van der Waals surface area (Å²) >= 11 is 0. The van der Waals surface area contributed by atoms with E-state index >= 15 is 0 Å². The van der Waals surface area contributed by atoms with Crippen LogP contribution in [0.15, 0.2) is 30.5 Å². The van der Waals surface area contributed by atoms with Gasteiger partial charge in [0.2, 0.25) is 0 Å². The molecule has 0 aliphatic rings. The van der Waals surface area contributed by atoms with Crippen molar-refractivity contribution in [3.8, 4) is 11.5 Å². The SMILES string of the molecule is COc1c(C)cnc(COc2cccc(C(=N)N)c2)c1C. The predicted octanol–water partition coefficient (Wildman–Crippen LogP) is 2.57. The number of nitrogens with one attached hydrogen (secondary N) is 1. The number of rotatable bonds is 5. The van der Waals surface area contributed by atoms with Crippen LogP contribution in [0, 0.1) is 19.3 Å². The number of benzene rings is 1. The van der Waals surface area contributed by atoms with Gasteiger partial charge in [0.15, 0.2) is 0 Å². The van der Waals surface area contributed by atoms with Gasteiger partial charge in [-0.15, -0.1) is 0 Å². The third kappa shape index (κ3) is 3.31. The smallest absolute Gasteiger partial charge is 0.131 e. The molecule has 5 nitrogen and oxygen atoms in total. The summed E-state index contributed by atoms with van der Waals surface area (Å²) in [4.78, 5) is 4.39. The first-order chi connectivity index (χ1) is 10.0. The molecule has 1 aromatic heterocycles. The molecule has 5 heteroatoms. The highest BCUT2D eigenvalue weighted by atomic mass is 16.5. The number of hydrogen-bond donors (Lipinski definition) is 2. The van der Waals surface area contributed by atoms with Crippen molar-refractivity contribution >= 4 is 5.84 Å². The molecule has 0 amide bonds. The topological polar surface area (TPSA) is 81.2 Å². The standard InChI is InChI=1S/C16H19N3O2/c1-10-8-19-14(11(2)15(10)20-3)9-21-13-6-4-5-12(7-13)16(17)18/h4-8H,9H2,1-3H3,(H3,17,18). The van der Waals surface area contributed by atoms with E-state index in [0.717, 1.165) is 22.6 Å². The number of pyridine rings is 1. The van der Waals surface area contributed by atoms with Gasteiger partial charge in [0, 0.05) is 22.9 Å². The Morgan fingerprint density at radius 2 is 2.10 bits per heavy atom. The van der Waals surface area contributed by atoms with Crippen LogP contribution in [-0.4, -0.2) is 17.9 Å². The minimum Gasteiger partial charge on any atom is -0.496 e. The van der Waals surface area contributed by atoms with Gasteiger partial charge in [-0.2, -0.15) is 0 Å². The van der Waals surface area contributed by atoms with Crippen LogP contribution >= 0.6 is 0 Å². The third-order valence-corrected chi connectivity index (χ3v) is 3.27. The van der Waals surface area contributed by atoms with Crippen molar-refractivity contribution in [3.05, 3.63) is 52.8 Å². The van der Waals surface area contributed by atoms with Gasteiger partial charge >= 0.3 is 0 Å². The summed E-state index contributed by atoms with van der Waals surface area (Å²) in [6, 6.07) is 7.14. The van der Waals surface area contributed by atoms with Crippen LogP contribution in [0.5, 0.6) is 11.5 Å². The molecule has 0 aliphatic heterocycles. The molecule has 2 rings (SSSR count). The lowest BCUT2D eigenvalue weighted by Crippen LogP contribution is -2.11. The first-order valence-corrected chi connectivity index (χ1v) is 6.59. The molecule has 0 unspecified atom stereocenters. The molecule has 0 fully saturated rings. The lowest BCUT2D eigenvalue weighted by Gasteiger charge is -2.13. The first-order valence-electron chi connectivity index (χ1n) is 6.59. The summed E-state index contributed by atoms with van der Waals surface area (Å²) in [5.41, 5.74) is 8.90. The van der Waals surface area contributed by atoms with E-state index in [1.165, 1.54) is 0 Å². The zero-order chi connectivity index (χ0) is 15.4. The molecule has 0 saturated carbocycles. The van der Waals surface area contributed by atoms with Gasteiger partial charge in [-0.3, -0.25) is 10.4 Å². The maximum absolute atomic E-state index is 7.43. The van der Waals surface area contributed by atoms with E-state index in [4.69, 9.17) is 20.6 Å². The van der Waals surface area contributed by atoms with E-state index in [2.05, 4.69) is 4.98 Å². The van der Waals surface area contributed by atoms with Crippen molar-refractivity contribution in [1.29, 1.82) is 5.41 Å². The number of aryl methyl sites for hydroxylation is 1. The van der Waals surface area contributed by atoms with E-state index < -0.39 is 0 Å². The number of nitrogens with zero attached hydrogens (tertiary/aromatic N) is 1. The Hall–Kier alpha value is -2.56. The highest BCUT2D eigenvalue weighted by molar-refractivity contribution is 5.95. The van der Waals surface area contributed by atoms with Crippen molar-refractivity contribution in [3.63, 3.8) is 0 Å². The van der Waals surface area contributed by atoms with Crippen molar-refractivity contribution in [2.24, 2.45) is 5.73 Å². The third-order valence-electron chi connectivity index (χ3n) is 3.27. The predicted molar refractivity (Wildman–Crippen MR) is 82.1 cm³/mol. The summed E-state index contributed by atoms with van der Waals surface area (Å²) in [5.74, 6) is 1.51. The van der Waals surface area contributed by atoms with Gasteiger partial charge in [-0.25, -0.2) is 0 Å².